The molecule has 0 spiro atoms. The summed E-state index contributed by atoms with van der Waals surface area (Å²) in [6.07, 6.45) is 1.06. The Balaban J connectivity index is 1.84. The van der Waals surface area contributed by atoms with Crippen LogP contribution in [0.25, 0.3) is 0 Å². The van der Waals surface area contributed by atoms with Crippen molar-refractivity contribution in [2.45, 2.75) is 20.1 Å². The molecule has 0 saturated carbocycles. The van der Waals surface area contributed by atoms with Crippen LogP contribution in [0.2, 0.25) is 0 Å². The lowest BCUT2D eigenvalue weighted by Gasteiger charge is -2.16. The minimum Gasteiger partial charge on any atom is -0.508 e. The average molecular weight is 287 g/mol. The topological polar surface area (TPSA) is 83.5 Å². The molecular weight excluding hydrogens is 270 g/mol. The van der Waals surface area contributed by atoms with Crippen LogP contribution in [0.3, 0.4) is 0 Å². The molecule has 2 aromatic rings. The second kappa shape index (κ2) is 6.60. The van der Waals surface area contributed by atoms with E-state index in [1.54, 1.807) is 31.3 Å². The highest BCUT2D eigenvalue weighted by atomic mass is 16.5. The minimum absolute atomic E-state index is 0.160. The van der Waals surface area contributed by atoms with Crippen LogP contribution < -0.4 is 15.4 Å². The smallest absolute Gasteiger partial charge is 0.322 e. The Kier molecular flexibility index (Phi) is 4.61. The zero-order valence-electron chi connectivity index (χ0n) is 11.8. The van der Waals surface area contributed by atoms with Crippen molar-refractivity contribution in [3.05, 3.63) is 48.3 Å². The largest absolute Gasteiger partial charge is 0.508 e. The first kappa shape index (κ1) is 14.6. The van der Waals surface area contributed by atoms with E-state index in [1.165, 1.54) is 12.1 Å². The molecule has 1 heterocycles. The first-order valence-electron chi connectivity index (χ1n) is 6.49. The number of pyridine rings is 1. The van der Waals surface area contributed by atoms with Crippen molar-refractivity contribution in [2.75, 3.05) is 5.32 Å². The van der Waals surface area contributed by atoms with E-state index in [1.807, 2.05) is 13.0 Å². The van der Waals surface area contributed by atoms with Crippen LogP contribution >= 0.6 is 0 Å². The molecule has 21 heavy (non-hydrogen) atoms. The lowest BCUT2D eigenvalue weighted by molar-refractivity contribution is 0.183. The number of phenols is 1. The van der Waals surface area contributed by atoms with E-state index >= 15 is 0 Å². The maximum atomic E-state index is 11.8. The maximum absolute atomic E-state index is 11.8. The number of aryl methyl sites for hydroxylation is 1. The molecule has 0 bridgehead atoms. The number of carbonyl (C=O) groups is 1. The van der Waals surface area contributed by atoms with Crippen molar-refractivity contribution in [3.8, 4) is 11.5 Å². The third-order valence-electron chi connectivity index (χ3n) is 2.65. The molecule has 1 unspecified atom stereocenters. The van der Waals surface area contributed by atoms with Crippen LogP contribution in [-0.2, 0) is 0 Å². The van der Waals surface area contributed by atoms with Gasteiger partial charge in [-0.05, 0) is 50.2 Å². The highest BCUT2D eigenvalue weighted by Gasteiger charge is 2.08. The van der Waals surface area contributed by atoms with E-state index in [9.17, 15) is 9.90 Å². The molecule has 6 nitrogen and oxygen atoms in total. The number of ether oxygens (including phenoxy) is 1. The van der Waals surface area contributed by atoms with Gasteiger partial charge < -0.3 is 20.5 Å². The molecule has 0 aliphatic rings. The molecule has 6 heteroatoms. The normalized spacial score (nSPS) is 11.5. The zero-order valence-corrected chi connectivity index (χ0v) is 11.8. The van der Waals surface area contributed by atoms with Crippen molar-refractivity contribution in [3.63, 3.8) is 0 Å². The van der Waals surface area contributed by atoms with Gasteiger partial charge in [-0.15, -0.1) is 0 Å². The number of nitrogens with zero attached hydrogens (tertiary/aromatic N) is 1. The third kappa shape index (κ3) is 4.68. The fourth-order valence-electron chi connectivity index (χ4n) is 1.65. The summed E-state index contributed by atoms with van der Waals surface area (Å²) in [4.78, 5) is 15.9. The summed E-state index contributed by atoms with van der Waals surface area (Å²) in [6, 6.07) is 9.47. The molecule has 0 fully saturated rings. The van der Waals surface area contributed by atoms with Crippen LogP contribution in [0, 0.1) is 6.92 Å². The SMILES string of the molecule is Cc1ccc(NC(=O)NC(C)Oc2ccc(O)cc2)cn1. The van der Waals surface area contributed by atoms with Crippen molar-refractivity contribution < 1.29 is 14.6 Å². The fraction of sp³-hybridized carbons (Fsp3) is 0.200. The van der Waals surface area contributed by atoms with Crippen LogP contribution in [0.15, 0.2) is 42.6 Å². The first-order valence-corrected chi connectivity index (χ1v) is 6.49. The molecule has 0 aliphatic carbocycles. The first-order chi connectivity index (χ1) is 10.0. The van der Waals surface area contributed by atoms with Crippen LogP contribution in [0.1, 0.15) is 12.6 Å². The van der Waals surface area contributed by atoms with Gasteiger partial charge in [-0.3, -0.25) is 4.98 Å². The number of urea groups is 1. The summed E-state index contributed by atoms with van der Waals surface area (Å²) < 4.78 is 5.50. The number of aromatic nitrogens is 1. The molecular formula is C15H17N3O3. The van der Waals surface area contributed by atoms with Gasteiger partial charge in [0, 0.05) is 5.69 Å². The predicted molar refractivity (Wildman–Crippen MR) is 79.3 cm³/mol. The van der Waals surface area contributed by atoms with Crippen molar-refractivity contribution in [1.29, 1.82) is 0 Å². The number of rotatable bonds is 4. The van der Waals surface area contributed by atoms with Gasteiger partial charge in [-0.1, -0.05) is 0 Å². The molecule has 1 aromatic heterocycles. The van der Waals surface area contributed by atoms with E-state index in [2.05, 4.69) is 15.6 Å². The molecule has 1 atom stereocenters. The van der Waals surface area contributed by atoms with E-state index in [-0.39, 0.29) is 11.8 Å². The molecule has 0 saturated heterocycles. The molecule has 1 aromatic carbocycles. The standard InChI is InChI=1S/C15H17N3O3/c1-10-3-4-12(9-16-10)18-15(20)17-11(2)21-14-7-5-13(19)6-8-14/h3-9,11,19H,1-2H3,(H2,17,18,20). The number of anilines is 1. The summed E-state index contributed by atoms with van der Waals surface area (Å²) in [5.74, 6) is 0.713. The number of carbonyl (C=O) groups excluding carboxylic acids is 1. The minimum atomic E-state index is -0.520. The molecule has 2 rings (SSSR count). The number of aromatic hydroxyl groups is 1. The lowest BCUT2D eigenvalue weighted by atomic mass is 10.3. The predicted octanol–water partition coefficient (Wildman–Crippen LogP) is 2.64. The summed E-state index contributed by atoms with van der Waals surface area (Å²) in [7, 11) is 0. The summed E-state index contributed by atoms with van der Waals surface area (Å²) in [5, 5.41) is 14.5. The van der Waals surface area contributed by atoms with Crippen molar-refractivity contribution in [2.24, 2.45) is 0 Å². The Labute approximate surface area is 122 Å². The van der Waals surface area contributed by atoms with Gasteiger partial charge in [0.15, 0.2) is 6.23 Å². The summed E-state index contributed by atoms with van der Waals surface area (Å²) >= 11 is 0. The molecule has 0 radical (unpaired) electrons. The Morgan fingerprint density at radius 2 is 1.95 bits per heavy atom. The third-order valence-corrected chi connectivity index (χ3v) is 2.65. The Morgan fingerprint density at radius 3 is 2.57 bits per heavy atom. The van der Waals surface area contributed by atoms with Gasteiger partial charge >= 0.3 is 6.03 Å². The number of amides is 2. The number of phenolic OH excluding ortho intramolecular Hbond substituents is 1. The van der Waals surface area contributed by atoms with Crippen LogP contribution in [-0.4, -0.2) is 22.3 Å². The molecule has 2 amide bonds. The number of hydrogen-bond acceptors (Lipinski definition) is 4. The lowest BCUT2D eigenvalue weighted by Crippen LogP contribution is -2.39. The summed E-state index contributed by atoms with van der Waals surface area (Å²) in [5.41, 5.74) is 1.49. The van der Waals surface area contributed by atoms with Gasteiger partial charge in [0.2, 0.25) is 0 Å². The second-order valence-electron chi connectivity index (χ2n) is 4.54. The second-order valence-corrected chi connectivity index (χ2v) is 4.54. The Morgan fingerprint density at radius 1 is 1.24 bits per heavy atom. The zero-order chi connectivity index (χ0) is 15.2. The van der Waals surface area contributed by atoms with Crippen LogP contribution in [0.5, 0.6) is 11.5 Å². The van der Waals surface area contributed by atoms with E-state index in [0.29, 0.717) is 11.4 Å². The highest BCUT2D eigenvalue weighted by Crippen LogP contribution is 2.16. The fourth-order valence-corrected chi connectivity index (χ4v) is 1.65. The van der Waals surface area contributed by atoms with E-state index < -0.39 is 6.23 Å². The maximum Gasteiger partial charge on any atom is 0.322 e. The van der Waals surface area contributed by atoms with Crippen molar-refractivity contribution >= 4 is 11.7 Å². The highest BCUT2D eigenvalue weighted by molar-refractivity contribution is 5.89. The van der Waals surface area contributed by atoms with E-state index in [0.717, 1.165) is 5.69 Å². The van der Waals surface area contributed by atoms with Gasteiger partial charge in [0.25, 0.3) is 0 Å². The quantitative estimate of drug-likeness (QED) is 0.755. The van der Waals surface area contributed by atoms with Gasteiger partial charge in [-0.2, -0.15) is 0 Å². The summed E-state index contributed by atoms with van der Waals surface area (Å²) in [6.45, 7) is 3.58. The monoisotopic (exact) mass is 287 g/mol. The molecule has 3 N–H and O–H groups in total. The van der Waals surface area contributed by atoms with Gasteiger partial charge in [0.1, 0.15) is 11.5 Å². The number of hydrogen-bond donors (Lipinski definition) is 3. The van der Waals surface area contributed by atoms with Gasteiger partial charge in [0.05, 0.1) is 11.9 Å². The molecule has 110 valence electrons. The van der Waals surface area contributed by atoms with Gasteiger partial charge in [-0.25, -0.2) is 4.79 Å². The number of benzene rings is 1. The average Bonchev–Trinajstić information content (AvgIpc) is 2.44. The van der Waals surface area contributed by atoms with Crippen molar-refractivity contribution in [1.82, 2.24) is 10.3 Å². The van der Waals surface area contributed by atoms with Crippen LogP contribution in [0.4, 0.5) is 10.5 Å². The number of nitrogens with one attached hydrogen (secondary N) is 2. The Hall–Kier alpha value is -2.76. The molecule has 0 aliphatic heterocycles. The van der Waals surface area contributed by atoms with E-state index in [4.69, 9.17) is 4.74 Å². The Bertz CT molecular complexity index is 597.